The predicted molar refractivity (Wildman–Crippen MR) is 125 cm³/mol. The SMILES string of the molecule is COc1ccc(N(C(=O)C2(C(N)=O)CC2)c2ccc3c(c2)NC(=O)C3=Cc2ccc[nH]2)cc1. The first-order valence-electron chi connectivity index (χ1n) is 10.5. The fourth-order valence-corrected chi connectivity index (χ4v) is 4.07. The number of rotatable bonds is 6. The third kappa shape index (κ3) is 3.45. The van der Waals surface area contributed by atoms with Crippen LogP contribution >= 0.6 is 0 Å². The topological polar surface area (TPSA) is 118 Å². The van der Waals surface area contributed by atoms with Crippen molar-refractivity contribution in [3.05, 3.63) is 72.1 Å². The lowest BCUT2D eigenvalue weighted by molar-refractivity contribution is -0.133. The van der Waals surface area contributed by atoms with Crippen LogP contribution in [-0.2, 0) is 14.4 Å². The van der Waals surface area contributed by atoms with E-state index in [-0.39, 0.29) is 11.8 Å². The monoisotopic (exact) mass is 442 g/mol. The number of aromatic nitrogens is 1. The van der Waals surface area contributed by atoms with Crippen molar-refractivity contribution in [2.45, 2.75) is 12.8 Å². The molecule has 2 aromatic carbocycles. The van der Waals surface area contributed by atoms with Gasteiger partial charge in [-0.2, -0.15) is 0 Å². The molecule has 1 aliphatic heterocycles. The van der Waals surface area contributed by atoms with Crippen LogP contribution in [0.5, 0.6) is 5.75 Å². The van der Waals surface area contributed by atoms with E-state index < -0.39 is 11.3 Å². The summed E-state index contributed by atoms with van der Waals surface area (Å²) in [6.45, 7) is 0. The van der Waals surface area contributed by atoms with Crippen LogP contribution in [0, 0.1) is 5.41 Å². The van der Waals surface area contributed by atoms with Crippen molar-refractivity contribution in [2.75, 3.05) is 17.3 Å². The predicted octanol–water partition coefficient (Wildman–Crippen LogP) is 3.45. The van der Waals surface area contributed by atoms with E-state index in [1.807, 2.05) is 12.1 Å². The van der Waals surface area contributed by atoms with E-state index in [4.69, 9.17) is 10.5 Å². The van der Waals surface area contributed by atoms with E-state index in [1.165, 1.54) is 4.90 Å². The molecule has 3 aromatic rings. The molecule has 0 saturated heterocycles. The highest BCUT2D eigenvalue weighted by Gasteiger charge is 2.57. The maximum absolute atomic E-state index is 13.6. The van der Waals surface area contributed by atoms with E-state index in [9.17, 15) is 14.4 Å². The van der Waals surface area contributed by atoms with Crippen molar-refractivity contribution in [3.63, 3.8) is 0 Å². The van der Waals surface area contributed by atoms with Gasteiger partial charge < -0.3 is 20.8 Å². The number of primary amides is 1. The number of hydrogen-bond acceptors (Lipinski definition) is 4. The number of H-pyrrole nitrogens is 1. The molecule has 8 nitrogen and oxygen atoms in total. The molecule has 5 rings (SSSR count). The van der Waals surface area contributed by atoms with Gasteiger partial charge in [0.2, 0.25) is 11.8 Å². The van der Waals surface area contributed by atoms with E-state index >= 15 is 0 Å². The van der Waals surface area contributed by atoms with E-state index in [0.717, 1.165) is 11.3 Å². The Kier molecular flexibility index (Phi) is 4.78. The van der Waals surface area contributed by atoms with E-state index in [2.05, 4.69) is 10.3 Å². The van der Waals surface area contributed by atoms with Gasteiger partial charge in [0.25, 0.3) is 5.91 Å². The number of amides is 3. The lowest BCUT2D eigenvalue weighted by Crippen LogP contribution is -2.41. The average molecular weight is 442 g/mol. The number of anilines is 3. The first-order valence-corrected chi connectivity index (χ1v) is 10.5. The van der Waals surface area contributed by atoms with Gasteiger partial charge in [0.05, 0.1) is 24.1 Å². The molecule has 0 bridgehead atoms. The Morgan fingerprint density at radius 3 is 2.42 bits per heavy atom. The number of methoxy groups -OCH3 is 1. The first-order chi connectivity index (χ1) is 15.9. The van der Waals surface area contributed by atoms with Gasteiger partial charge in [-0.05, 0) is 73.5 Å². The molecule has 0 spiro atoms. The molecule has 4 N–H and O–H groups in total. The summed E-state index contributed by atoms with van der Waals surface area (Å²) in [5, 5.41) is 2.87. The van der Waals surface area contributed by atoms with Crippen molar-refractivity contribution in [1.82, 2.24) is 4.98 Å². The molecule has 33 heavy (non-hydrogen) atoms. The zero-order chi connectivity index (χ0) is 23.2. The number of aromatic amines is 1. The quantitative estimate of drug-likeness (QED) is 0.400. The summed E-state index contributed by atoms with van der Waals surface area (Å²) >= 11 is 0. The minimum Gasteiger partial charge on any atom is -0.497 e. The highest BCUT2D eigenvalue weighted by atomic mass is 16.5. The lowest BCUT2D eigenvalue weighted by atomic mass is 10.0. The van der Waals surface area contributed by atoms with Gasteiger partial charge in [-0.1, -0.05) is 0 Å². The zero-order valence-corrected chi connectivity index (χ0v) is 17.9. The average Bonchev–Trinajstić information content (AvgIpc) is 3.38. The molecule has 166 valence electrons. The summed E-state index contributed by atoms with van der Waals surface area (Å²) in [7, 11) is 1.56. The number of carbonyl (C=O) groups excluding carboxylic acids is 3. The molecular weight excluding hydrogens is 420 g/mol. The molecule has 1 aromatic heterocycles. The summed E-state index contributed by atoms with van der Waals surface area (Å²) in [6, 6.07) is 16.0. The number of nitrogens with zero attached hydrogens (tertiary/aromatic N) is 1. The highest BCUT2D eigenvalue weighted by molar-refractivity contribution is 6.35. The van der Waals surface area contributed by atoms with Crippen molar-refractivity contribution >= 4 is 46.4 Å². The Bertz CT molecular complexity index is 1290. The Morgan fingerprint density at radius 1 is 1.09 bits per heavy atom. The number of benzene rings is 2. The minimum atomic E-state index is -1.21. The Hall–Kier alpha value is -4.33. The second-order valence-corrected chi connectivity index (χ2v) is 8.15. The minimum absolute atomic E-state index is 0.227. The molecule has 0 atom stereocenters. The number of ether oxygens (including phenoxy) is 1. The van der Waals surface area contributed by atoms with Crippen molar-refractivity contribution in [3.8, 4) is 5.75 Å². The molecule has 0 radical (unpaired) electrons. The highest BCUT2D eigenvalue weighted by Crippen LogP contribution is 2.49. The third-order valence-electron chi connectivity index (χ3n) is 6.13. The molecule has 8 heteroatoms. The van der Waals surface area contributed by atoms with Crippen LogP contribution in [0.1, 0.15) is 24.1 Å². The van der Waals surface area contributed by atoms with Gasteiger partial charge >= 0.3 is 0 Å². The van der Waals surface area contributed by atoms with Crippen LogP contribution in [0.4, 0.5) is 17.1 Å². The fraction of sp³-hybridized carbons (Fsp3) is 0.160. The van der Waals surface area contributed by atoms with Crippen molar-refractivity contribution in [1.29, 1.82) is 0 Å². The summed E-state index contributed by atoms with van der Waals surface area (Å²) in [6.07, 6.45) is 4.39. The standard InChI is InChI=1S/C25H22N4O4/c1-33-18-7-4-16(5-8-18)29(24(32)25(10-11-25)23(26)31)17-6-9-19-20(13-15-3-2-12-27-15)22(30)28-21(19)14-17/h2-9,12-14,27H,10-11H2,1H3,(H2,26,31)(H,28,30). The summed E-state index contributed by atoms with van der Waals surface area (Å²) < 4.78 is 5.23. The molecule has 0 unspecified atom stereocenters. The molecule has 1 aliphatic carbocycles. The van der Waals surface area contributed by atoms with Crippen LogP contribution in [0.3, 0.4) is 0 Å². The van der Waals surface area contributed by atoms with E-state index in [1.54, 1.807) is 61.8 Å². The smallest absolute Gasteiger partial charge is 0.256 e. The van der Waals surface area contributed by atoms with Gasteiger partial charge in [-0.3, -0.25) is 19.3 Å². The Balaban J connectivity index is 1.57. The van der Waals surface area contributed by atoms with Crippen LogP contribution < -0.4 is 20.7 Å². The summed E-state index contributed by atoms with van der Waals surface area (Å²) in [4.78, 5) is 42.8. The van der Waals surface area contributed by atoms with Gasteiger partial charge in [-0.25, -0.2) is 0 Å². The molecule has 1 fully saturated rings. The molecule has 3 amide bonds. The van der Waals surface area contributed by atoms with Crippen molar-refractivity contribution in [2.24, 2.45) is 11.1 Å². The second kappa shape index (κ2) is 7.67. The Morgan fingerprint density at radius 2 is 1.82 bits per heavy atom. The number of carbonyl (C=O) groups is 3. The summed E-state index contributed by atoms with van der Waals surface area (Å²) in [5.41, 5.74) is 8.13. The van der Waals surface area contributed by atoms with Gasteiger partial charge in [0.1, 0.15) is 11.2 Å². The van der Waals surface area contributed by atoms with Crippen LogP contribution in [0.15, 0.2) is 60.8 Å². The Labute approximate surface area is 190 Å². The maximum Gasteiger partial charge on any atom is 0.256 e. The van der Waals surface area contributed by atoms with Crippen LogP contribution in [0.25, 0.3) is 11.6 Å². The fourth-order valence-electron chi connectivity index (χ4n) is 4.07. The zero-order valence-electron chi connectivity index (χ0n) is 17.9. The largest absolute Gasteiger partial charge is 0.497 e. The first kappa shape index (κ1) is 20.6. The number of nitrogens with two attached hydrogens (primary N) is 1. The third-order valence-corrected chi connectivity index (χ3v) is 6.13. The maximum atomic E-state index is 13.6. The lowest BCUT2D eigenvalue weighted by Gasteiger charge is -2.27. The normalized spacial score (nSPS) is 16.8. The van der Waals surface area contributed by atoms with Crippen LogP contribution in [-0.4, -0.2) is 29.8 Å². The summed E-state index contributed by atoms with van der Waals surface area (Å²) in [5.74, 6) is -0.597. The van der Waals surface area contributed by atoms with Gasteiger partial charge in [0.15, 0.2) is 0 Å². The molecule has 2 aliphatic rings. The van der Waals surface area contributed by atoms with Gasteiger partial charge in [-0.15, -0.1) is 0 Å². The number of nitrogens with one attached hydrogen (secondary N) is 2. The number of fused-ring (bicyclic) bond motifs is 1. The second-order valence-electron chi connectivity index (χ2n) is 8.15. The molecular formula is C25H22N4O4. The van der Waals surface area contributed by atoms with E-state index in [0.29, 0.717) is 41.2 Å². The van der Waals surface area contributed by atoms with Gasteiger partial charge in [0, 0.05) is 23.1 Å². The molecule has 2 heterocycles. The number of hydrogen-bond donors (Lipinski definition) is 3. The molecule has 1 saturated carbocycles. The van der Waals surface area contributed by atoms with Crippen LogP contribution in [0.2, 0.25) is 0 Å². The van der Waals surface area contributed by atoms with Crippen molar-refractivity contribution < 1.29 is 19.1 Å².